The van der Waals surface area contributed by atoms with E-state index in [1.54, 1.807) is 24.0 Å². The average Bonchev–Trinajstić information content (AvgIpc) is 3.20. The van der Waals surface area contributed by atoms with Gasteiger partial charge in [0.25, 0.3) is 0 Å². The van der Waals surface area contributed by atoms with Gasteiger partial charge in [-0.25, -0.2) is 0 Å². The minimum atomic E-state index is -0.0281. The third-order valence-electron chi connectivity index (χ3n) is 5.71. The maximum atomic E-state index is 12.7. The second kappa shape index (κ2) is 8.43. The second-order valence-corrected chi connectivity index (χ2v) is 7.60. The molecular weight excluding hydrogens is 362 g/mol. The Kier molecular flexibility index (Phi) is 5.56. The molecule has 5 nitrogen and oxygen atoms in total. The quantitative estimate of drug-likeness (QED) is 0.627. The summed E-state index contributed by atoms with van der Waals surface area (Å²) in [6, 6.07) is 20.2. The number of aromatic nitrogens is 2. The predicted molar refractivity (Wildman–Crippen MR) is 112 cm³/mol. The van der Waals surface area contributed by atoms with Gasteiger partial charge in [-0.2, -0.15) is 5.10 Å². The number of amides is 1. The van der Waals surface area contributed by atoms with E-state index < -0.39 is 0 Å². The number of ketones is 1. The van der Waals surface area contributed by atoms with E-state index in [1.807, 2.05) is 35.2 Å². The summed E-state index contributed by atoms with van der Waals surface area (Å²) >= 11 is 0. The van der Waals surface area contributed by atoms with Gasteiger partial charge in [0.2, 0.25) is 5.91 Å². The van der Waals surface area contributed by atoms with Crippen molar-refractivity contribution in [2.24, 2.45) is 13.0 Å². The molecule has 0 spiro atoms. The van der Waals surface area contributed by atoms with Crippen molar-refractivity contribution in [1.29, 1.82) is 0 Å². The van der Waals surface area contributed by atoms with Gasteiger partial charge in [0.15, 0.2) is 5.78 Å². The van der Waals surface area contributed by atoms with Gasteiger partial charge in [0.1, 0.15) is 5.69 Å². The van der Waals surface area contributed by atoms with E-state index in [0.29, 0.717) is 38.0 Å². The van der Waals surface area contributed by atoms with Crippen LogP contribution in [-0.4, -0.2) is 39.5 Å². The Balaban J connectivity index is 1.32. The van der Waals surface area contributed by atoms with Gasteiger partial charge in [-0.05, 0) is 35.6 Å². The fourth-order valence-electron chi connectivity index (χ4n) is 3.95. The molecule has 0 radical (unpaired) electrons. The first-order valence-corrected chi connectivity index (χ1v) is 10.1. The van der Waals surface area contributed by atoms with E-state index in [4.69, 9.17) is 0 Å². The van der Waals surface area contributed by atoms with Gasteiger partial charge >= 0.3 is 0 Å². The van der Waals surface area contributed by atoms with Gasteiger partial charge in [0, 0.05) is 32.3 Å². The minimum Gasteiger partial charge on any atom is -0.342 e. The number of benzene rings is 2. The summed E-state index contributed by atoms with van der Waals surface area (Å²) in [5.74, 6) is 0.233. The lowest BCUT2D eigenvalue weighted by Crippen LogP contribution is -2.41. The molecule has 0 aliphatic carbocycles. The molecule has 0 atom stereocenters. The molecule has 4 rings (SSSR count). The monoisotopic (exact) mass is 387 g/mol. The molecule has 5 heteroatoms. The molecule has 1 amide bonds. The Bertz CT molecular complexity index is 984. The van der Waals surface area contributed by atoms with Crippen molar-refractivity contribution >= 4 is 11.7 Å². The molecule has 0 N–H and O–H groups in total. The first-order chi connectivity index (χ1) is 14.1. The summed E-state index contributed by atoms with van der Waals surface area (Å²) in [6.07, 6.45) is 3.47. The number of likely N-dealkylation sites (tertiary alicyclic amines) is 1. The molecule has 1 aromatic heterocycles. The van der Waals surface area contributed by atoms with Crippen molar-refractivity contribution in [3.05, 3.63) is 78.1 Å². The molecular formula is C24H25N3O2. The van der Waals surface area contributed by atoms with Crippen LogP contribution < -0.4 is 0 Å². The predicted octanol–water partition coefficient (Wildman–Crippen LogP) is 3.75. The van der Waals surface area contributed by atoms with Crippen LogP contribution in [0.15, 0.2) is 66.9 Å². The lowest BCUT2D eigenvalue weighted by atomic mass is 9.90. The van der Waals surface area contributed by atoms with Gasteiger partial charge in [0.05, 0.1) is 6.42 Å². The van der Waals surface area contributed by atoms with Crippen molar-refractivity contribution in [3.8, 4) is 11.1 Å². The summed E-state index contributed by atoms with van der Waals surface area (Å²) in [6.45, 7) is 1.27. The highest BCUT2D eigenvalue weighted by atomic mass is 16.2. The Hall–Kier alpha value is -3.21. The normalized spacial score (nSPS) is 14.7. The number of rotatable bonds is 5. The summed E-state index contributed by atoms with van der Waals surface area (Å²) in [5, 5.41) is 4.08. The van der Waals surface area contributed by atoms with Crippen LogP contribution in [0.5, 0.6) is 0 Å². The van der Waals surface area contributed by atoms with Crippen LogP contribution in [0.1, 0.15) is 28.9 Å². The van der Waals surface area contributed by atoms with Crippen LogP contribution in [0.4, 0.5) is 0 Å². The topological polar surface area (TPSA) is 55.2 Å². The molecule has 1 fully saturated rings. The molecule has 148 valence electrons. The first kappa shape index (κ1) is 19.1. The van der Waals surface area contributed by atoms with Gasteiger partial charge in [-0.15, -0.1) is 0 Å². The number of carbonyl (C=O) groups excluding carboxylic acids is 2. The van der Waals surface area contributed by atoms with Crippen molar-refractivity contribution < 1.29 is 9.59 Å². The lowest BCUT2D eigenvalue weighted by molar-refractivity contribution is -0.131. The zero-order valence-corrected chi connectivity index (χ0v) is 16.6. The van der Waals surface area contributed by atoms with E-state index in [2.05, 4.69) is 29.4 Å². The molecule has 2 aromatic carbocycles. The smallest absolute Gasteiger partial charge is 0.226 e. The fourth-order valence-corrected chi connectivity index (χ4v) is 3.95. The zero-order valence-electron chi connectivity index (χ0n) is 16.6. The molecule has 0 bridgehead atoms. The number of aryl methyl sites for hydroxylation is 1. The van der Waals surface area contributed by atoms with Crippen molar-refractivity contribution in [2.45, 2.75) is 19.3 Å². The summed E-state index contributed by atoms with van der Waals surface area (Å²) in [4.78, 5) is 27.2. The molecule has 0 unspecified atom stereocenters. The van der Waals surface area contributed by atoms with E-state index in [1.165, 1.54) is 5.56 Å². The Labute approximate surface area is 171 Å². The Morgan fingerprint density at radius 1 is 0.931 bits per heavy atom. The zero-order chi connectivity index (χ0) is 20.2. The average molecular weight is 387 g/mol. The number of hydrogen-bond donors (Lipinski definition) is 0. The highest BCUT2D eigenvalue weighted by Gasteiger charge is 2.29. The van der Waals surface area contributed by atoms with Crippen LogP contribution in [-0.2, 0) is 18.3 Å². The van der Waals surface area contributed by atoms with E-state index in [0.717, 1.165) is 11.1 Å². The summed E-state index contributed by atoms with van der Waals surface area (Å²) < 4.78 is 1.62. The fraction of sp³-hybridized carbons (Fsp3) is 0.292. The van der Waals surface area contributed by atoms with Gasteiger partial charge in [-0.3, -0.25) is 14.3 Å². The Morgan fingerprint density at radius 2 is 1.59 bits per heavy atom. The highest BCUT2D eigenvalue weighted by Crippen LogP contribution is 2.23. The van der Waals surface area contributed by atoms with Gasteiger partial charge in [-0.1, -0.05) is 54.6 Å². The third kappa shape index (κ3) is 4.29. The maximum Gasteiger partial charge on any atom is 0.226 e. The third-order valence-corrected chi connectivity index (χ3v) is 5.71. The number of nitrogens with zero attached hydrogens (tertiary/aromatic N) is 3. The van der Waals surface area contributed by atoms with Crippen LogP contribution in [0.3, 0.4) is 0 Å². The van der Waals surface area contributed by atoms with Crippen LogP contribution in [0.25, 0.3) is 11.1 Å². The summed E-state index contributed by atoms with van der Waals surface area (Å²) in [7, 11) is 1.79. The lowest BCUT2D eigenvalue weighted by Gasteiger charge is -2.31. The molecule has 1 aliphatic rings. The van der Waals surface area contributed by atoms with Crippen molar-refractivity contribution in [1.82, 2.24) is 14.7 Å². The summed E-state index contributed by atoms with van der Waals surface area (Å²) in [5.41, 5.74) is 3.98. The molecule has 2 heterocycles. The van der Waals surface area contributed by atoms with Gasteiger partial charge < -0.3 is 4.90 Å². The number of hydrogen-bond acceptors (Lipinski definition) is 3. The van der Waals surface area contributed by atoms with Crippen LogP contribution in [0.2, 0.25) is 0 Å². The molecule has 1 aliphatic heterocycles. The molecule has 3 aromatic rings. The van der Waals surface area contributed by atoms with E-state index >= 15 is 0 Å². The largest absolute Gasteiger partial charge is 0.342 e. The standard InChI is InChI=1S/C24H25N3O2/c1-26-22(11-14-25-26)24(29)21-12-15-27(16-13-21)23(28)17-18-7-9-20(10-8-18)19-5-3-2-4-6-19/h2-11,14,21H,12-13,15-17H2,1H3. The molecule has 29 heavy (non-hydrogen) atoms. The van der Waals surface area contributed by atoms with Crippen molar-refractivity contribution in [2.75, 3.05) is 13.1 Å². The number of piperidine rings is 1. The van der Waals surface area contributed by atoms with E-state index in [-0.39, 0.29) is 17.6 Å². The second-order valence-electron chi connectivity index (χ2n) is 7.60. The van der Waals surface area contributed by atoms with Crippen molar-refractivity contribution in [3.63, 3.8) is 0 Å². The SMILES string of the molecule is Cn1nccc1C(=O)C1CCN(C(=O)Cc2ccc(-c3ccccc3)cc2)CC1. The number of Topliss-reactive ketones (excluding diaryl/α,β-unsaturated/α-hetero) is 1. The minimum absolute atomic E-state index is 0.0281. The maximum absolute atomic E-state index is 12.7. The number of carbonyl (C=O) groups is 2. The molecule has 0 saturated carbocycles. The Morgan fingerprint density at radius 3 is 2.21 bits per heavy atom. The highest BCUT2D eigenvalue weighted by molar-refractivity contribution is 5.96. The van der Waals surface area contributed by atoms with E-state index in [9.17, 15) is 9.59 Å². The van der Waals surface area contributed by atoms with Crippen LogP contribution >= 0.6 is 0 Å². The van der Waals surface area contributed by atoms with Crippen LogP contribution in [0, 0.1) is 5.92 Å². The molecule has 1 saturated heterocycles. The first-order valence-electron chi connectivity index (χ1n) is 10.1.